The molecular weight excluding hydrogens is 436 g/mol. The van der Waals surface area contributed by atoms with Crippen molar-refractivity contribution in [2.45, 2.75) is 0 Å². The molecule has 32 heavy (non-hydrogen) atoms. The second-order valence-electron chi connectivity index (χ2n) is 6.52. The standard InChI is InChI=1S/C23H19ClN2O6/c1-31-20-5-3-2-4-18(20)26-22(29)14-6-9-16(10-7-14)25-21(28)13-32-23(30)17-11-8-15(24)12-19(17)27/h2-12,27H,13H2,1H3,(H,25,28)(H,26,29). The number of hydrogen-bond donors (Lipinski definition) is 3. The minimum absolute atomic E-state index is 0.104. The predicted octanol–water partition coefficient (Wildman–Crippen LogP) is 4.10. The van der Waals surface area contributed by atoms with E-state index in [9.17, 15) is 19.5 Å². The van der Waals surface area contributed by atoms with Gasteiger partial charge >= 0.3 is 5.97 Å². The lowest BCUT2D eigenvalue weighted by atomic mass is 10.2. The highest BCUT2D eigenvalue weighted by atomic mass is 35.5. The molecule has 164 valence electrons. The fourth-order valence-electron chi connectivity index (χ4n) is 2.73. The summed E-state index contributed by atoms with van der Waals surface area (Å²) in [4.78, 5) is 36.5. The van der Waals surface area contributed by atoms with Crippen LogP contribution in [-0.2, 0) is 9.53 Å². The number of hydrogen-bond acceptors (Lipinski definition) is 6. The second-order valence-corrected chi connectivity index (χ2v) is 6.95. The number of rotatable bonds is 7. The van der Waals surface area contributed by atoms with Gasteiger partial charge in [-0.1, -0.05) is 23.7 Å². The molecule has 0 saturated carbocycles. The molecule has 0 radical (unpaired) electrons. The van der Waals surface area contributed by atoms with Crippen LogP contribution in [0.3, 0.4) is 0 Å². The molecule has 2 amide bonds. The monoisotopic (exact) mass is 454 g/mol. The summed E-state index contributed by atoms with van der Waals surface area (Å²) >= 11 is 5.72. The van der Waals surface area contributed by atoms with Gasteiger partial charge in [0.25, 0.3) is 11.8 Å². The van der Waals surface area contributed by atoms with Crippen molar-refractivity contribution in [1.82, 2.24) is 0 Å². The van der Waals surface area contributed by atoms with Crippen molar-refractivity contribution in [3.05, 3.63) is 82.9 Å². The molecule has 0 unspecified atom stereocenters. The quantitative estimate of drug-likeness (QED) is 0.463. The van der Waals surface area contributed by atoms with Crippen molar-refractivity contribution in [3.63, 3.8) is 0 Å². The maximum absolute atomic E-state index is 12.4. The van der Waals surface area contributed by atoms with Crippen molar-refractivity contribution < 1.29 is 29.0 Å². The Bertz CT molecular complexity index is 1150. The Labute approximate surface area is 188 Å². The molecular formula is C23H19ClN2O6. The highest BCUT2D eigenvalue weighted by Gasteiger charge is 2.15. The Balaban J connectivity index is 1.54. The lowest BCUT2D eigenvalue weighted by Crippen LogP contribution is -2.21. The third kappa shape index (κ3) is 5.77. The number of methoxy groups -OCH3 is 1. The molecule has 0 bridgehead atoms. The van der Waals surface area contributed by atoms with Crippen LogP contribution in [0.2, 0.25) is 5.02 Å². The second kappa shape index (κ2) is 10.3. The largest absolute Gasteiger partial charge is 0.507 e. The summed E-state index contributed by atoms with van der Waals surface area (Å²) in [5.41, 5.74) is 1.21. The Morgan fingerprint density at radius 2 is 1.69 bits per heavy atom. The van der Waals surface area contributed by atoms with E-state index in [1.165, 1.54) is 37.4 Å². The zero-order valence-electron chi connectivity index (χ0n) is 16.9. The molecule has 0 atom stereocenters. The van der Waals surface area contributed by atoms with Gasteiger partial charge < -0.3 is 25.2 Å². The minimum atomic E-state index is -0.863. The molecule has 3 rings (SSSR count). The third-order valence-corrected chi connectivity index (χ3v) is 4.54. The van der Waals surface area contributed by atoms with E-state index in [0.717, 1.165) is 0 Å². The number of aromatic hydroxyl groups is 1. The van der Waals surface area contributed by atoms with E-state index < -0.39 is 18.5 Å². The van der Waals surface area contributed by atoms with Crippen LogP contribution in [0.15, 0.2) is 66.7 Å². The molecule has 3 aromatic carbocycles. The maximum atomic E-state index is 12.4. The summed E-state index contributed by atoms with van der Waals surface area (Å²) in [7, 11) is 1.51. The molecule has 9 heteroatoms. The fourth-order valence-corrected chi connectivity index (χ4v) is 2.90. The summed E-state index contributed by atoms with van der Waals surface area (Å²) in [6.45, 7) is -0.559. The van der Waals surface area contributed by atoms with Gasteiger partial charge in [-0.05, 0) is 54.6 Å². The molecule has 8 nitrogen and oxygen atoms in total. The smallest absolute Gasteiger partial charge is 0.342 e. The SMILES string of the molecule is COc1ccccc1NC(=O)c1ccc(NC(=O)COC(=O)c2ccc(Cl)cc2O)cc1. The molecule has 0 spiro atoms. The maximum Gasteiger partial charge on any atom is 0.342 e. The number of phenolic OH excluding ortho intramolecular Hbond substituents is 1. The van der Waals surface area contributed by atoms with Crippen molar-refractivity contribution in [1.29, 1.82) is 0 Å². The van der Waals surface area contributed by atoms with Crippen LogP contribution in [0, 0.1) is 0 Å². The number of benzene rings is 3. The number of phenols is 1. The van der Waals surface area contributed by atoms with Crippen molar-refractivity contribution >= 4 is 40.8 Å². The number of anilines is 2. The predicted molar refractivity (Wildman–Crippen MR) is 119 cm³/mol. The first-order valence-electron chi connectivity index (χ1n) is 9.37. The number of carbonyl (C=O) groups excluding carboxylic acids is 3. The van der Waals surface area contributed by atoms with Gasteiger partial charge in [-0.25, -0.2) is 4.79 Å². The van der Waals surface area contributed by atoms with E-state index in [0.29, 0.717) is 22.7 Å². The van der Waals surface area contributed by atoms with E-state index >= 15 is 0 Å². The van der Waals surface area contributed by atoms with Crippen LogP contribution in [0.5, 0.6) is 11.5 Å². The molecule has 3 N–H and O–H groups in total. The van der Waals surface area contributed by atoms with Gasteiger partial charge in [0.15, 0.2) is 6.61 Å². The first-order valence-corrected chi connectivity index (χ1v) is 9.75. The molecule has 0 aromatic heterocycles. The number of amides is 2. The number of carbonyl (C=O) groups is 3. The summed E-state index contributed by atoms with van der Waals surface area (Å²) in [5.74, 6) is -1.60. The normalized spacial score (nSPS) is 10.2. The molecule has 0 aliphatic rings. The summed E-state index contributed by atoms with van der Waals surface area (Å²) in [6.07, 6.45) is 0. The van der Waals surface area contributed by atoms with Crippen molar-refractivity contribution in [2.24, 2.45) is 0 Å². The highest BCUT2D eigenvalue weighted by molar-refractivity contribution is 6.30. The zero-order chi connectivity index (χ0) is 23.1. The van der Waals surface area contributed by atoms with Crippen LogP contribution < -0.4 is 15.4 Å². The average Bonchev–Trinajstić information content (AvgIpc) is 2.78. The average molecular weight is 455 g/mol. The first-order chi connectivity index (χ1) is 15.4. The summed E-state index contributed by atoms with van der Waals surface area (Å²) in [6, 6.07) is 17.1. The first kappa shape index (κ1) is 22.6. The zero-order valence-corrected chi connectivity index (χ0v) is 17.7. The molecule has 0 aliphatic heterocycles. The van der Waals surface area contributed by atoms with Crippen LogP contribution in [0.4, 0.5) is 11.4 Å². The fraction of sp³-hybridized carbons (Fsp3) is 0.0870. The topological polar surface area (TPSA) is 114 Å². The van der Waals surface area contributed by atoms with Crippen LogP contribution >= 0.6 is 11.6 Å². The molecule has 0 fully saturated rings. The lowest BCUT2D eigenvalue weighted by Gasteiger charge is -2.10. The van der Waals surface area contributed by atoms with Gasteiger partial charge in [-0.2, -0.15) is 0 Å². The highest BCUT2D eigenvalue weighted by Crippen LogP contribution is 2.24. The van der Waals surface area contributed by atoms with E-state index in [-0.39, 0.29) is 22.2 Å². The Kier molecular flexibility index (Phi) is 7.30. The van der Waals surface area contributed by atoms with E-state index in [1.54, 1.807) is 36.4 Å². The van der Waals surface area contributed by atoms with E-state index in [1.807, 2.05) is 0 Å². The van der Waals surface area contributed by atoms with Gasteiger partial charge in [0, 0.05) is 16.3 Å². The van der Waals surface area contributed by atoms with E-state index in [4.69, 9.17) is 21.1 Å². The minimum Gasteiger partial charge on any atom is -0.507 e. The number of halogens is 1. The summed E-state index contributed by atoms with van der Waals surface area (Å²) < 4.78 is 10.1. The van der Waals surface area contributed by atoms with Gasteiger partial charge in [-0.3, -0.25) is 9.59 Å². The molecule has 0 heterocycles. The van der Waals surface area contributed by atoms with Gasteiger partial charge in [0.1, 0.15) is 17.1 Å². The van der Waals surface area contributed by atoms with Gasteiger partial charge in [-0.15, -0.1) is 0 Å². The van der Waals surface area contributed by atoms with Gasteiger partial charge in [0.2, 0.25) is 0 Å². The Morgan fingerprint density at radius 1 is 0.969 bits per heavy atom. The van der Waals surface area contributed by atoms with Crippen molar-refractivity contribution in [2.75, 3.05) is 24.4 Å². The summed E-state index contributed by atoms with van der Waals surface area (Å²) in [5, 5.41) is 15.3. The number of para-hydroxylation sites is 2. The number of esters is 1. The molecule has 3 aromatic rings. The third-order valence-electron chi connectivity index (χ3n) is 4.30. The molecule has 0 aliphatic carbocycles. The Morgan fingerprint density at radius 3 is 2.38 bits per heavy atom. The lowest BCUT2D eigenvalue weighted by molar-refractivity contribution is -0.119. The Hall–Kier alpha value is -4.04. The number of ether oxygens (including phenoxy) is 2. The number of nitrogens with one attached hydrogen (secondary N) is 2. The van der Waals surface area contributed by atoms with Crippen LogP contribution in [-0.4, -0.2) is 36.6 Å². The van der Waals surface area contributed by atoms with E-state index in [2.05, 4.69) is 10.6 Å². The molecule has 0 saturated heterocycles. The van der Waals surface area contributed by atoms with Crippen LogP contribution in [0.25, 0.3) is 0 Å². The van der Waals surface area contributed by atoms with Crippen LogP contribution in [0.1, 0.15) is 20.7 Å². The van der Waals surface area contributed by atoms with Crippen molar-refractivity contribution in [3.8, 4) is 11.5 Å². The van der Waals surface area contributed by atoms with Gasteiger partial charge in [0.05, 0.1) is 12.8 Å².